The summed E-state index contributed by atoms with van der Waals surface area (Å²) in [7, 11) is 0. The van der Waals surface area contributed by atoms with Gasteiger partial charge in [-0.05, 0) is 103 Å². The summed E-state index contributed by atoms with van der Waals surface area (Å²) in [5.41, 5.74) is 0.844. The van der Waals surface area contributed by atoms with Crippen molar-refractivity contribution in [2.75, 3.05) is 5.75 Å². The number of halogens is 3. The van der Waals surface area contributed by atoms with Crippen molar-refractivity contribution in [3.05, 3.63) is 52.6 Å². The molecular formula is C31H39F3OS. The van der Waals surface area contributed by atoms with E-state index in [0.717, 1.165) is 45.3 Å². The number of allylic oxidation sites excluding steroid dienone is 4. The molecule has 0 bridgehead atoms. The Morgan fingerprint density at radius 3 is 2.36 bits per heavy atom. The van der Waals surface area contributed by atoms with Crippen LogP contribution in [0.3, 0.4) is 0 Å². The van der Waals surface area contributed by atoms with Crippen LogP contribution in [0.15, 0.2) is 52.0 Å². The van der Waals surface area contributed by atoms with Gasteiger partial charge in [0.05, 0.1) is 0 Å². The number of thioether (sulfide) groups is 1. The maximum atomic E-state index is 16.3. The molecular weight excluding hydrogens is 477 g/mol. The van der Waals surface area contributed by atoms with E-state index in [1.54, 1.807) is 18.7 Å². The summed E-state index contributed by atoms with van der Waals surface area (Å²) < 4.78 is 46.0. The van der Waals surface area contributed by atoms with E-state index < -0.39 is 22.4 Å². The van der Waals surface area contributed by atoms with Gasteiger partial charge in [-0.1, -0.05) is 38.5 Å². The highest BCUT2D eigenvalue weighted by Gasteiger charge is 2.71. The van der Waals surface area contributed by atoms with Crippen molar-refractivity contribution >= 4 is 17.5 Å². The summed E-state index contributed by atoms with van der Waals surface area (Å²) in [6.07, 6.45) is 6.85. The Kier molecular flexibility index (Phi) is 6.37. The smallest absolute Gasteiger partial charge is 0.278 e. The second kappa shape index (κ2) is 8.78. The Morgan fingerprint density at radius 1 is 1.03 bits per heavy atom. The molecule has 0 aromatic heterocycles. The van der Waals surface area contributed by atoms with Gasteiger partial charge in [-0.3, -0.25) is 4.79 Å². The molecule has 0 radical (unpaired) electrons. The van der Waals surface area contributed by atoms with Gasteiger partial charge in [-0.2, -0.15) is 0 Å². The van der Waals surface area contributed by atoms with Crippen LogP contribution in [0.2, 0.25) is 0 Å². The maximum Gasteiger partial charge on any atom is 0.278 e. The zero-order chi connectivity index (χ0) is 26.1. The first kappa shape index (κ1) is 26.1. The maximum absolute atomic E-state index is 16.3. The monoisotopic (exact) mass is 516 g/mol. The van der Waals surface area contributed by atoms with Crippen LogP contribution in [0.25, 0.3) is 0 Å². The number of carbonyl (C=O) groups is 1. The minimum atomic E-state index is -3.42. The van der Waals surface area contributed by atoms with Gasteiger partial charge in [-0.15, -0.1) is 11.8 Å². The van der Waals surface area contributed by atoms with E-state index in [9.17, 15) is 13.6 Å². The molecule has 5 heteroatoms. The van der Waals surface area contributed by atoms with Gasteiger partial charge in [0.15, 0.2) is 11.5 Å². The first-order valence-electron chi connectivity index (χ1n) is 13.6. The standard InChI is InChI=1S/C31H39F3OS/c1-6-36-22-11-7-19(8-12-22)25-18-28(2)26(15-16-29(28,3)30(4,32)31(5,33)34)24-13-9-20-17-21(35)10-14-23(20)27(24)25/h7-8,11-12,17,24-26H,6,9-10,13-16,18H2,1-5H3/t24?,25-,26?,28+,29-,30?/m1/s1. The molecule has 0 N–H and O–H groups in total. The van der Waals surface area contributed by atoms with E-state index in [-0.39, 0.29) is 23.5 Å². The van der Waals surface area contributed by atoms with Crippen LogP contribution in [0, 0.1) is 22.7 Å². The second-order valence-electron chi connectivity index (χ2n) is 12.3. The number of carbonyl (C=O) groups excluding carboxylic acids is 1. The van der Waals surface area contributed by atoms with Crippen molar-refractivity contribution in [1.29, 1.82) is 0 Å². The van der Waals surface area contributed by atoms with Crippen molar-refractivity contribution in [2.45, 2.75) is 102 Å². The summed E-state index contributed by atoms with van der Waals surface area (Å²) in [6, 6.07) is 8.71. The number of benzene rings is 1. The van der Waals surface area contributed by atoms with Gasteiger partial charge in [0.1, 0.15) is 0 Å². The number of rotatable bonds is 5. The van der Waals surface area contributed by atoms with Gasteiger partial charge in [0.25, 0.3) is 5.92 Å². The Morgan fingerprint density at radius 2 is 1.72 bits per heavy atom. The number of hydrogen-bond donors (Lipinski definition) is 0. The molecule has 196 valence electrons. The summed E-state index contributed by atoms with van der Waals surface area (Å²) >= 11 is 1.80. The Hall–Kier alpha value is -1.49. The summed E-state index contributed by atoms with van der Waals surface area (Å²) in [5.74, 6) is -1.73. The van der Waals surface area contributed by atoms with Crippen LogP contribution in [0.4, 0.5) is 13.2 Å². The minimum absolute atomic E-state index is 0.0579. The van der Waals surface area contributed by atoms with Crippen molar-refractivity contribution in [1.82, 2.24) is 0 Å². The van der Waals surface area contributed by atoms with Crippen molar-refractivity contribution in [3.8, 4) is 0 Å². The molecule has 1 aromatic rings. The number of alkyl halides is 3. The Balaban J connectivity index is 1.67. The molecule has 4 aliphatic carbocycles. The first-order chi connectivity index (χ1) is 16.8. The molecule has 0 heterocycles. The Labute approximate surface area is 218 Å². The predicted octanol–water partition coefficient (Wildman–Crippen LogP) is 9.09. The zero-order valence-corrected chi connectivity index (χ0v) is 23.0. The molecule has 6 atom stereocenters. The van der Waals surface area contributed by atoms with Crippen molar-refractivity contribution < 1.29 is 18.0 Å². The minimum Gasteiger partial charge on any atom is -0.295 e. The van der Waals surface area contributed by atoms with Crippen LogP contribution in [0.1, 0.15) is 91.0 Å². The summed E-state index contributed by atoms with van der Waals surface area (Å²) in [6.45, 7) is 7.95. The van der Waals surface area contributed by atoms with Crippen LogP contribution in [-0.2, 0) is 4.79 Å². The van der Waals surface area contributed by atoms with Crippen LogP contribution < -0.4 is 0 Å². The zero-order valence-electron chi connectivity index (χ0n) is 22.2. The van der Waals surface area contributed by atoms with Gasteiger partial charge in [0, 0.05) is 29.6 Å². The number of fused-ring (bicyclic) bond motifs is 4. The lowest BCUT2D eigenvalue weighted by Crippen LogP contribution is -2.60. The van der Waals surface area contributed by atoms with Crippen molar-refractivity contribution in [3.63, 3.8) is 0 Å². The normalized spacial score (nSPS) is 36.1. The lowest BCUT2D eigenvalue weighted by molar-refractivity contribution is -0.209. The topological polar surface area (TPSA) is 17.1 Å². The van der Waals surface area contributed by atoms with Crippen LogP contribution in [0.5, 0.6) is 0 Å². The summed E-state index contributed by atoms with van der Waals surface area (Å²) in [5, 5.41) is 0. The average Bonchev–Trinajstić information content (AvgIpc) is 3.10. The molecule has 5 rings (SSSR count). The third-order valence-corrected chi connectivity index (χ3v) is 11.7. The quantitative estimate of drug-likeness (QED) is 0.363. The van der Waals surface area contributed by atoms with E-state index >= 15 is 4.39 Å². The third-order valence-electron chi connectivity index (χ3n) is 10.8. The van der Waals surface area contributed by atoms with Crippen molar-refractivity contribution in [2.24, 2.45) is 22.7 Å². The molecule has 3 unspecified atom stereocenters. The molecule has 1 nitrogen and oxygen atoms in total. The molecule has 0 saturated heterocycles. The molecule has 2 fully saturated rings. The van der Waals surface area contributed by atoms with Gasteiger partial charge in [-0.25, -0.2) is 13.2 Å². The van der Waals surface area contributed by atoms with E-state index in [1.807, 2.05) is 6.08 Å². The predicted molar refractivity (Wildman–Crippen MR) is 141 cm³/mol. The van der Waals surface area contributed by atoms with E-state index in [2.05, 4.69) is 38.1 Å². The number of hydrogen-bond acceptors (Lipinski definition) is 2. The highest BCUT2D eigenvalue weighted by atomic mass is 32.2. The molecule has 1 aromatic carbocycles. The second-order valence-corrected chi connectivity index (χ2v) is 13.6. The fraction of sp³-hybridized carbons (Fsp3) is 0.645. The lowest BCUT2D eigenvalue weighted by atomic mass is 9.46. The molecule has 36 heavy (non-hydrogen) atoms. The highest BCUT2D eigenvalue weighted by molar-refractivity contribution is 7.99. The molecule has 0 spiro atoms. The van der Waals surface area contributed by atoms with Gasteiger partial charge >= 0.3 is 0 Å². The molecule has 0 aliphatic heterocycles. The summed E-state index contributed by atoms with van der Waals surface area (Å²) in [4.78, 5) is 13.5. The third kappa shape index (κ3) is 3.69. The van der Waals surface area contributed by atoms with Crippen LogP contribution >= 0.6 is 11.8 Å². The van der Waals surface area contributed by atoms with E-state index in [4.69, 9.17) is 0 Å². The largest absolute Gasteiger partial charge is 0.295 e. The van der Waals surface area contributed by atoms with Gasteiger partial charge in [0.2, 0.25) is 0 Å². The fourth-order valence-electron chi connectivity index (χ4n) is 8.42. The van der Waals surface area contributed by atoms with Gasteiger partial charge < -0.3 is 0 Å². The van der Waals surface area contributed by atoms with Crippen LogP contribution in [-0.4, -0.2) is 23.1 Å². The Bertz CT molecular complexity index is 1110. The average molecular weight is 517 g/mol. The van der Waals surface area contributed by atoms with E-state index in [0.29, 0.717) is 19.3 Å². The SMILES string of the molecule is CCSc1ccc([C@H]2C[C@@]3(C)C(CC[C@@]3(C)C(C)(F)C(C)(F)F)C3CCC4=CC(=O)CCC4=C32)cc1. The number of ketones is 1. The molecule has 2 saturated carbocycles. The lowest BCUT2D eigenvalue weighted by Gasteiger charge is -2.59. The highest BCUT2D eigenvalue weighted by Crippen LogP contribution is 2.73. The first-order valence-corrected chi connectivity index (χ1v) is 14.6. The van der Waals surface area contributed by atoms with E-state index in [1.165, 1.54) is 27.2 Å². The molecule has 4 aliphatic rings. The fourth-order valence-corrected chi connectivity index (χ4v) is 9.08. The molecule has 0 amide bonds.